The minimum atomic E-state index is -0.931. The molecule has 5 heteroatoms. The molecular formula is C11H13ClF2O2. The first-order valence-electron chi connectivity index (χ1n) is 4.68. The lowest BCUT2D eigenvalue weighted by Crippen LogP contribution is -2.24. The van der Waals surface area contributed by atoms with Crippen LogP contribution in [0.1, 0.15) is 19.4 Å². The van der Waals surface area contributed by atoms with Crippen LogP contribution in [0.25, 0.3) is 0 Å². The molecule has 16 heavy (non-hydrogen) atoms. The first kappa shape index (κ1) is 13.2. The van der Waals surface area contributed by atoms with Crippen molar-refractivity contribution in [2.24, 2.45) is 0 Å². The van der Waals surface area contributed by atoms with E-state index in [0.29, 0.717) is 0 Å². The molecule has 0 aromatic heterocycles. The number of benzene rings is 1. The molecule has 1 rings (SSSR count). The maximum absolute atomic E-state index is 13.9. The molecule has 2 nitrogen and oxygen atoms in total. The Balaban J connectivity index is 3.49. The normalized spacial score (nSPS) is 11.7. The molecule has 90 valence electrons. The summed E-state index contributed by atoms with van der Waals surface area (Å²) in [5.41, 5.74) is -0.729. The van der Waals surface area contributed by atoms with Crippen LogP contribution in [0.2, 0.25) is 5.02 Å². The van der Waals surface area contributed by atoms with Gasteiger partial charge < -0.3 is 9.84 Å². The number of methoxy groups -OCH3 is 1. The maximum Gasteiger partial charge on any atom is 0.192 e. The second-order valence-corrected chi connectivity index (χ2v) is 4.52. The molecule has 0 spiro atoms. The minimum Gasteiger partial charge on any atom is -0.491 e. The summed E-state index contributed by atoms with van der Waals surface area (Å²) < 4.78 is 31.9. The van der Waals surface area contributed by atoms with E-state index in [0.717, 1.165) is 7.11 Å². The summed E-state index contributed by atoms with van der Waals surface area (Å²) in [6.45, 7) is 2.97. The minimum absolute atomic E-state index is 0.123. The van der Waals surface area contributed by atoms with Gasteiger partial charge in [0.05, 0.1) is 18.7 Å². The van der Waals surface area contributed by atoms with E-state index in [1.807, 2.05) is 0 Å². The van der Waals surface area contributed by atoms with Crippen LogP contribution in [0.5, 0.6) is 5.75 Å². The van der Waals surface area contributed by atoms with Crippen molar-refractivity contribution in [2.45, 2.75) is 19.3 Å². The van der Waals surface area contributed by atoms with E-state index in [-0.39, 0.29) is 17.2 Å². The molecule has 0 aliphatic heterocycles. The van der Waals surface area contributed by atoms with Gasteiger partial charge in [0.15, 0.2) is 17.4 Å². The van der Waals surface area contributed by atoms with Gasteiger partial charge in [-0.2, -0.15) is 0 Å². The zero-order chi connectivity index (χ0) is 12.5. The molecule has 1 aromatic carbocycles. The van der Waals surface area contributed by atoms with Crippen molar-refractivity contribution in [3.63, 3.8) is 0 Å². The second kappa shape index (κ2) is 4.55. The van der Waals surface area contributed by atoms with Crippen LogP contribution in [0, 0.1) is 11.6 Å². The third kappa shape index (κ3) is 2.13. The van der Waals surface area contributed by atoms with Gasteiger partial charge in [-0.05, 0) is 6.07 Å². The van der Waals surface area contributed by atoms with Gasteiger partial charge in [-0.3, -0.25) is 0 Å². The molecular weight excluding hydrogens is 238 g/mol. The monoisotopic (exact) mass is 250 g/mol. The van der Waals surface area contributed by atoms with Crippen LogP contribution < -0.4 is 4.74 Å². The lowest BCUT2D eigenvalue weighted by atomic mass is 9.85. The van der Waals surface area contributed by atoms with Gasteiger partial charge in [-0.25, -0.2) is 8.78 Å². The Bertz CT molecular complexity index is 405. The summed E-state index contributed by atoms with van der Waals surface area (Å²) in [5.74, 6) is -2.29. The highest BCUT2D eigenvalue weighted by atomic mass is 35.5. The van der Waals surface area contributed by atoms with Crippen LogP contribution in [0.3, 0.4) is 0 Å². The van der Waals surface area contributed by atoms with Crippen LogP contribution >= 0.6 is 11.6 Å². The predicted octanol–water partition coefficient (Wildman–Crippen LogP) is 2.90. The van der Waals surface area contributed by atoms with Crippen molar-refractivity contribution in [2.75, 3.05) is 13.7 Å². The van der Waals surface area contributed by atoms with E-state index in [1.54, 1.807) is 13.8 Å². The molecule has 0 fully saturated rings. The molecule has 0 bridgehead atoms. The third-order valence-electron chi connectivity index (χ3n) is 2.44. The molecule has 1 aromatic rings. The van der Waals surface area contributed by atoms with Crippen molar-refractivity contribution in [3.8, 4) is 5.75 Å². The van der Waals surface area contributed by atoms with Gasteiger partial charge in [0, 0.05) is 11.0 Å². The SMILES string of the molecule is COc1c(F)c(Cl)cc(C(C)(C)CO)c1F. The topological polar surface area (TPSA) is 29.5 Å². The van der Waals surface area contributed by atoms with Gasteiger partial charge in [-0.15, -0.1) is 0 Å². The molecule has 1 N–H and O–H groups in total. The van der Waals surface area contributed by atoms with E-state index in [4.69, 9.17) is 16.7 Å². The lowest BCUT2D eigenvalue weighted by Gasteiger charge is -2.24. The third-order valence-corrected chi connectivity index (χ3v) is 2.72. The molecule has 0 radical (unpaired) electrons. The van der Waals surface area contributed by atoms with Crippen LogP contribution in [-0.2, 0) is 5.41 Å². The van der Waals surface area contributed by atoms with E-state index in [1.165, 1.54) is 6.07 Å². The van der Waals surface area contributed by atoms with Gasteiger partial charge in [0.25, 0.3) is 0 Å². The number of hydrogen-bond acceptors (Lipinski definition) is 2. The average Bonchev–Trinajstić information content (AvgIpc) is 2.24. The van der Waals surface area contributed by atoms with E-state index < -0.39 is 22.8 Å². The Labute approximate surface area is 97.8 Å². The molecule has 0 amide bonds. The van der Waals surface area contributed by atoms with Crippen molar-refractivity contribution in [1.29, 1.82) is 0 Å². The van der Waals surface area contributed by atoms with Crippen molar-refractivity contribution < 1.29 is 18.6 Å². The summed E-state index contributed by atoms with van der Waals surface area (Å²) in [6, 6.07) is 1.17. The van der Waals surface area contributed by atoms with Crippen molar-refractivity contribution in [3.05, 3.63) is 28.3 Å². The Morgan fingerprint density at radius 2 is 1.94 bits per heavy atom. The number of aliphatic hydroxyl groups is 1. The first-order valence-corrected chi connectivity index (χ1v) is 5.05. The molecule has 0 saturated heterocycles. The summed E-state index contributed by atoms with van der Waals surface area (Å²) in [7, 11) is 1.16. The van der Waals surface area contributed by atoms with Crippen molar-refractivity contribution >= 4 is 11.6 Å². The Kier molecular flexibility index (Phi) is 3.76. The van der Waals surface area contributed by atoms with Crippen molar-refractivity contribution in [1.82, 2.24) is 0 Å². The molecule has 0 unspecified atom stereocenters. The van der Waals surface area contributed by atoms with Crippen LogP contribution in [-0.4, -0.2) is 18.8 Å². The highest BCUT2D eigenvalue weighted by molar-refractivity contribution is 6.31. The molecule has 0 atom stereocenters. The number of hydrogen-bond donors (Lipinski definition) is 1. The zero-order valence-corrected chi connectivity index (χ0v) is 10.0. The zero-order valence-electron chi connectivity index (χ0n) is 9.27. The smallest absolute Gasteiger partial charge is 0.192 e. The lowest BCUT2D eigenvalue weighted by molar-refractivity contribution is 0.213. The Morgan fingerprint density at radius 1 is 1.38 bits per heavy atom. The fourth-order valence-electron chi connectivity index (χ4n) is 1.34. The van der Waals surface area contributed by atoms with Gasteiger partial charge in [0.2, 0.25) is 0 Å². The number of rotatable bonds is 3. The summed E-state index contributed by atoms with van der Waals surface area (Å²) >= 11 is 5.63. The number of aliphatic hydroxyl groups excluding tert-OH is 1. The summed E-state index contributed by atoms with van der Waals surface area (Å²) in [4.78, 5) is 0. The molecule has 0 aliphatic rings. The fraction of sp³-hybridized carbons (Fsp3) is 0.455. The molecule has 0 saturated carbocycles. The number of halogens is 3. The van der Waals surface area contributed by atoms with Crippen LogP contribution in [0.4, 0.5) is 8.78 Å². The molecule has 0 aliphatic carbocycles. The second-order valence-electron chi connectivity index (χ2n) is 4.11. The van der Waals surface area contributed by atoms with E-state index in [9.17, 15) is 8.78 Å². The number of ether oxygens (including phenoxy) is 1. The average molecular weight is 251 g/mol. The molecule has 0 heterocycles. The van der Waals surface area contributed by atoms with E-state index >= 15 is 0 Å². The highest BCUT2D eigenvalue weighted by Crippen LogP contribution is 2.36. The van der Waals surface area contributed by atoms with Gasteiger partial charge in [0.1, 0.15) is 0 Å². The van der Waals surface area contributed by atoms with Gasteiger partial charge in [-0.1, -0.05) is 25.4 Å². The fourth-order valence-corrected chi connectivity index (χ4v) is 1.53. The van der Waals surface area contributed by atoms with Gasteiger partial charge >= 0.3 is 0 Å². The van der Waals surface area contributed by atoms with E-state index in [2.05, 4.69) is 4.74 Å². The standard InChI is InChI=1S/C11H13ClF2O2/c1-11(2,5-15)6-4-7(12)9(14)10(16-3)8(6)13/h4,15H,5H2,1-3H3. The summed E-state index contributed by atoms with van der Waals surface area (Å²) in [6.07, 6.45) is 0. The predicted molar refractivity (Wildman–Crippen MR) is 58.0 cm³/mol. The quantitative estimate of drug-likeness (QED) is 0.836. The van der Waals surface area contributed by atoms with Crippen LogP contribution in [0.15, 0.2) is 6.07 Å². The highest BCUT2D eigenvalue weighted by Gasteiger charge is 2.28. The largest absolute Gasteiger partial charge is 0.491 e. The maximum atomic E-state index is 13.9. The first-order chi connectivity index (χ1) is 7.35. The Hall–Kier alpha value is -0.870. The summed E-state index contributed by atoms with van der Waals surface area (Å²) in [5, 5.41) is 8.92. The Morgan fingerprint density at radius 3 is 2.38 bits per heavy atom.